The van der Waals surface area contributed by atoms with Gasteiger partial charge in [-0.15, -0.1) is 0 Å². The monoisotopic (exact) mass is 391 g/mol. The van der Waals surface area contributed by atoms with Gasteiger partial charge in [-0.05, 0) is 60.3 Å². The van der Waals surface area contributed by atoms with Gasteiger partial charge in [-0.2, -0.15) is 11.3 Å². The molecular weight excluding hydrogens is 362 g/mol. The average Bonchev–Trinajstić information content (AvgIpc) is 3.14. The number of unbranched alkanes of at least 4 members (excludes halogenated alkanes) is 1. The predicted molar refractivity (Wildman–Crippen MR) is 105 cm³/mol. The highest BCUT2D eigenvalue weighted by molar-refractivity contribution is 7.08. The van der Waals surface area contributed by atoms with Crippen molar-refractivity contribution in [2.24, 2.45) is 23.2 Å². The lowest BCUT2D eigenvalue weighted by atomic mass is 9.44. The smallest absolute Gasteiger partial charge is 0.303 e. The maximum Gasteiger partial charge on any atom is 0.303 e. The molecule has 3 fully saturated rings. The van der Waals surface area contributed by atoms with Crippen LogP contribution < -0.4 is 5.32 Å². The van der Waals surface area contributed by atoms with Gasteiger partial charge in [-0.3, -0.25) is 14.4 Å². The minimum atomic E-state index is -0.812. The molecule has 4 rings (SSSR count). The van der Waals surface area contributed by atoms with Gasteiger partial charge in [0.25, 0.3) is 5.91 Å². The van der Waals surface area contributed by atoms with E-state index in [1.807, 2.05) is 16.8 Å². The van der Waals surface area contributed by atoms with E-state index in [4.69, 9.17) is 5.11 Å². The Morgan fingerprint density at radius 2 is 1.96 bits per heavy atom. The molecule has 3 saturated carbocycles. The fourth-order valence-electron chi connectivity index (χ4n) is 4.96. The van der Waals surface area contributed by atoms with E-state index in [9.17, 15) is 14.4 Å². The van der Waals surface area contributed by atoms with E-state index in [1.165, 1.54) is 11.3 Å². The van der Waals surface area contributed by atoms with E-state index in [0.717, 1.165) is 12.8 Å². The lowest BCUT2D eigenvalue weighted by Gasteiger charge is -2.62. The molecule has 2 N–H and O–H groups in total. The van der Waals surface area contributed by atoms with Crippen molar-refractivity contribution >= 4 is 29.0 Å². The van der Waals surface area contributed by atoms with E-state index in [2.05, 4.69) is 19.2 Å². The minimum absolute atomic E-state index is 0.0405. The molecule has 0 saturated heterocycles. The second-order valence-electron chi connectivity index (χ2n) is 8.71. The quantitative estimate of drug-likeness (QED) is 0.620. The molecule has 1 heterocycles. The third kappa shape index (κ3) is 4.42. The number of carboxylic acid groups (broad SMARTS) is 1. The first-order valence-electron chi connectivity index (χ1n) is 9.85. The van der Waals surface area contributed by atoms with Gasteiger partial charge in [0.2, 0.25) is 0 Å². The average molecular weight is 392 g/mol. The summed E-state index contributed by atoms with van der Waals surface area (Å²) >= 11 is 1.51. The maximum absolute atomic E-state index is 12.6. The number of carbonyl (C=O) groups excluding carboxylic acids is 2. The molecule has 0 spiro atoms. The zero-order chi connectivity index (χ0) is 19.6. The maximum atomic E-state index is 12.6. The summed E-state index contributed by atoms with van der Waals surface area (Å²) in [5.41, 5.74) is 0.908. The van der Waals surface area contributed by atoms with Crippen LogP contribution in [0.1, 0.15) is 69.2 Å². The molecule has 0 radical (unpaired) electrons. The Hall–Kier alpha value is -1.69. The van der Waals surface area contributed by atoms with Gasteiger partial charge in [0, 0.05) is 36.2 Å². The fourth-order valence-corrected chi connectivity index (χ4v) is 5.59. The van der Waals surface area contributed by atoms with E-state index in [0.29, 0.717) is 43.1 Å². The van der Waals surface area contributed by atoms with Crippen molar-refractivity contribution < 1.29 is 19.5 Å². The molecular formula is C21H29NO4S. The van der Waals surface area contributed by atoms with E-state index < -0.39 is 5.97 Å². The fraction of sp³-hybridized carbons (Fsp3) is 0.667. The number of nitrogens with one attached hydrogen (secondary N) is 1. The normalized spacial score (nSPS) is 28.2. The van der Waals surface area contributed by atoms with Crippen molar-refractivity contribution in [1.29, 1.82) is 0 Å². The van der Waals surface area contributed by atoms with Crippen LogP contribution in [0.4, 0.5) is 0 Å². The van der Waals surface area contributed by atoms with Crippen LogP contribution in [0.25, 0.3) is 0 Å². The molecule has 2 bridgehead atoms. The van der Waals surface area contributed by atoms with E-state index in [1.54, 1.807) is 0 Å². The first-order chi connectivity index (χ1) is 12.8. The number of carbonyl (C=O) groups is 3. The standard InChI is InChI=1S/C21H29NO4S/c1-21(2)15-9-14(10-16(23)5-3-4-6-18(24)25)19(17(21)11-15)22-20(26)13-7-8-27-12-13/h7-8,12,14-15,17,19H,3-6,9-11H2,1-2H3,(H,22,26)(H,24,25)/t14-,15+,17+,19-/m1/s1. The SMILES string of the molecule is CC1(C)[C@H]2C[C@H](CC(=O)CCCCC(=O)O)[C@@H](NC(=O)c3ccsc3)[C@@H]1C2. The zero-order valence-electron chi connectivity index (χ0n) is 16.1. The van der Waals surface area contributed by atoms with E-state index in [-0.39, 0.29) is 35.5 Å². The minimum Gasteiger partial charge on any atom is -0.481 e. The molecule has 3 aliphatic carbocycles. The molecule has 0 aromatic carbocycles. The molecule has 1 aromatic rings. The molecule has 27 heavy (non-hydrogen) atoms. The highest BCUT2D eigenvalue weighted by atomic mass is 32.1. The topological polar surface area (TPSA) is 83.5 Å². The number of amides is 1. The number of Topliss-reactive ketones (excluding diaryl/α,β-unsaturated/α-hetero) is 1. The predicted octanol–water partition coefficient (Wildman–Crippen LogP) is 4.13. The van der Waals surface area contributed by atoms with Gasteiger partial charge in [0.05, 0.1) is 0 Å². The Morgan fingerprint density at radius 3 is 2.59 bits per heavy atom. The van der Waals surface area contributed by atoms with Gasteiger partial charge in [-0.25, -0.2) is 0 Å². The van der Waals surface area contributed by atoms with Gasteiger partial charge in [0.15, 0.2) is 0 Å². The van der Waals surface area contributed by atoms with Crippen LogP contribution in [-0.2, 0) is 9.59 Å². The molecule has 1 aromatic heterocycles. The van der Waals surface area contributed by atoms with Crippen LogP contribution in [0, 0.1) is 23.2 Å². The summed E-state index contributed by atoms with van der Waals surface area (Å²) in [4.78, 5) is 35.6. The van der Waals surface area contributed by atoms with Crippen molar-refractivity contribution in [2.45, 2.75) is 64.8 Å². The highest BCUT2D eigenvalue weighted by Crippen LogP contribution is 2.61. The molecule has 5 nitrogen and oxygen atoms in total. The molecule has 0 unspecified atom stereocenters. The summed E-state index contributed by atoms with van der Waals surface area (Å²) in [5.74, 6) is 0.579. The number of rotatable bonds is 9. The van der Waals surface area contributed by atoms with Crippen LogP contribution in [0.3, 0.4) is 0 Å². The van der Waals surface area contributed by atoms with Crippen LogP contribution in [0.2, 0.25) is 0 Å². The number of fused-ring (bicyclic) bond motifs is 2. The zero-order valence-corrected chi connectivity index (χ0v) is 16.9. The number of carboxylic acids is 1. The second kappa shape index (κ2) is 8.13. The Balaban J connectivity index is 1.59. The summed E-state index contributed by atoms with van der Waals surface area (Å²) in [6, 6.07) is 1.88. The molecule has 148 valence electrons. The molecule has 3 aliphatic rings. The second-order valence-corrected chi connectivity index (χ2v) is 9.49. The summed E-state index contributed by atoms with van der Waals surface area (Å²) in [6.07, 6.45) is 4.33. The third-order valence-electron chi connectivity index (χ3n) is 6.74. The van der Waals surface area contributed by atoms with Crippen molar-refractivity contribution in [1.82, 2.24) is 5.32 Å². The summed E-state index contributed by atoms with van der Waals surface area (Å²) in [5, 5.41) is 15.7. The third-order valence-corrected chi connectivity index (χ3v) is 7.43. The Bertz CT molecular complexity index is 697. The van der Waals surface area contributed by atoms with Crippen molar-refractivity contribution in [2.75, 3.05) is 0 Å². The Morgan fingerprint density at radius 1 is 1.22 bits per heavy atom. The molecule has 0 aliphatic heterocycles. The largest absolute Gasteiger partial charge is 0.481 e. The molecule has 1 amide bonds. The number of ketones is 1. The summed E-state index contributed by atoms with van der Waals surface area (Å²) < 4.78 is 0. The van der Waals surface area contributed by atoms with Gasteiger partial charge < -0.3 is 10.4 Å². The number of aliphatic carboxylic acids is 1. The van der Waals surface area contributed by atoms with Crippen LogP contribution in [0.15, 0.2) is 16.8 Å². The first kappa shape index (κ1) is 20.1. The van der Waals surface area contributed by atoms with Gasteiger partial charge in [-0.1, -0.05) is 13.8 Å². The first-order valence-corrected chi connectivity index (χ1v) is 10.8. The lowest BCUT2D eigenvalue weighted by molar-refractivity contribution is -0.137. The Labute approximate surface area is 164 Å². The van der Waals surface area contributed by atoms with Crippen molar-refractivity contribution in [3.05, 3.63) is 22.4 Å². The summed E-state index contributed by atoms with van der Waals surface area (Å²) in [6.45, 7) is 4.55. The van der Waals surface area contributed by atoms with Gasteiger partial charge >= 0.3 is 5.97 Å². The summed E-state index contributed by atoms with van der Waals surface area (Å²) in [7, 11) is 0. The molecule has 4 atom stereocenters. The lowest BCUT2D eigenvalue weighted by Crippen LogP contribution is -2.63. The van der Waals surface area contributed by atoms with Crippen LogP contribution >= 0.6 is 11.3 Å². The van der Waals surface area contributed by atoms with Crippen molar-refractivity contribution in [3.63, 3.8) is 0 Å². The van der Waals surface area contributed by atoms with E-state index >= 15 is 0 Å². The highest BCUT2D eigenvalue weighted by Gasteiger charge is 2.58. The van der Waals surface area contributed by atoms with Crippen LogP contribution in [0.5, 0.6) is 0 Å². The Kier molecular flexibility index (Phi) is 6.04. The van der Waals surface area contributed by atoms with Crippen LogP contribution in [-0.4, -0.2) is 28.8 Å². The number of hydrogen-bond acceptors (Lipinski definition) is 4. The number of hydrogen-bond donors (Lipinski definition) is 2. The van der Waals surface area contributed by atoms with Crippen molar-refractivity contribution in [3.8, 4) is 0 Å². The van der Waals surface area contributed by atoms with Gasteiger partial charge in [0.1, 0.15) is 5.78 Å². The molecule has 6 heteroatoms. The number of thiophene rings is 1.